The van der Waals surface area contributed by atoms with Gasteiger partial charge in [-0.1, -0.05) is 54.6 Å². The molecule has 0 radical (unpaired) electrons. The van der Waals surface area contributed by atoms with Crippen LogP contribution >= 0.6 is 0 Å². The van der Waals surface area contributed by atoms with Crippen molar-refractivity contribution in [3.63, 3.8) is 0 Å². The van der Waals surface area contributed by atoms with Gasteiger partial charge in [0.2, 0.25) is 0 Å². The Morgan fingerprint density at radius 2 is 1.19 bits per heavy atom. The number of rotatable bonds is 5. The first-order chi connectivity index (χ1) is 12.7. The molecule has 1 N–H and O–H groups in total. The fraction of sp³-hybridized carbons (Fsp3) is 0.0909. The third-order valence-electron chi connectivity index (χ3n) is 4.53. The van der Waals surface area contributed by atoms with Crippen LogP contribution in [0.4, 0.5) is 5.69 Å². The summed E-state index contributed by atoms with van der Waals surface area (Å²) < 4.78 is 0. The van der Waals surface area contributed by atoms with Gasteiger partial charge in [-0.3, -0.25) is 14.5 Å². The van der Waals surface area contributed by atoms with E-state index in [9.17, 15) is 9.59 Å². The summed E-state index contributed by atoms with van der Waals surface area (Å²) in [5.41, 5.74) is 4.26. The Balaban J connectivity index is 1.37. The summed E-state index contributed by atoms with van der Waals surface area (Å²) in [6.07, 6.45) is 0. The van der Waals surface area contributed by atoms with Crippen LogP contribution in [-0.2, 0) is 0 Å². The molecule has 0 spiro atoms. The molecule has 2 amide bonds. The molecule has 0 bridgehead atoms. The second-order valence-corrected chi connectivity index (χ2v) is 6.18. The monoisotopic (exact) mass is 342 g/mol. The Morgan fingerprint density at radius 1 is 0.654 bits per heavy atom. The molecule has 0 saturated heterocycles. The number of fused-ring (bicyclic) bond motifs is 1. The highest BCUT2D eigenvalue weighted by molar-refractivity contribution is 6.21. The van der Waals surface area contributed by atoms with Gasteiger partial charge in [0.15, 0.2) is 0 Å². The summed E-state index contributed by atoms with van der Waals surface area (Å²) in [6, 6.07) is 25.3. The molecule has 4 heteroatoms. The van der Waals surface area contributed by atoms with E-state index < -0.39 is 0 Å². The maximum atomic E-state index is 12.3. The molecule has 26 heavy (non-hydrogen) atoms. The molecule has 4 rings (SSSR count). The minimum absolute atomic E-state index is 0.216. The molecule has 0 saturated carbocycles. The first-order valence-corrected chi connectivity index (χ1v) is 8.58. The van der Waals surface area contributed by atoms with Crippen LogP contribution in [0.25, 0.3) is 11.1 Å². The summed E-state index contributed by atoms with van der Waals surface area (Å²) in [7, 11) is 0. The first kappa shape index (κ1) is 16.1. The fourth-order valence-corrected chi connectivity index (χ4v) is 3.17. The number of nitrogens with one attached hydrogen (secondary N) is 1. The van der Waals surface area contributed by atoms with Crippen molar-refractivity contribution in [1.29, 1.82) is 0 Å². The van der Waals surface area contributed by atoms with Gasteiger partial charge in [-0.2, -0.15) is 0 Å². The first-order valence-electron chi connectivity index (χ1n) is 8.58. The van der Waals surface area contributed by atoms with E-state index in [-0.39, 0.29) is 11.8 Å². The second kappa shape index (κ2) is 6.84. The average molecular weight is 342 g/mol. The lowest BCUT2D eigenvalue weighted by molar-refractivity contribution is 0.0660. The molecule has 3 aromatic carbocycles. The van der Waals surface area contributed by atoms with Crippen molar-refractivity contribution < 1.29 is 9.59 Å². The second-order valence-electron chi connectivity index (χ2n) is 6.18. The van der Waals surface area contributed by atoms with Crippen molar-refractivity contribution in [2.75, 3.05) is 18.4 Å². The van der Waals surface area contributed by atoms with E-state index in [0.717, 1.165) is 11.3 Å². The number of anilines is 1. The largest absolute Gasteiger partial charge is 0.383 e. The smallest absolute Gasteiger partial charge is 0.261 e. The summed E-state index contributed by atoms with van der Waals surface area (Å²) >= 11 is 0. The number of carbonyl (C=O) groups excluding carboxylic acids is 2. The van der Waals surface area contributed by atoms with Crippen molar-refractivity contribution in [2.24, 2.45) is 0 Å². The van der Waals surface area contributed by atoms with Gasteiger partial charge >= 0.3 is 0 Å². The van der Waals surface area contributed by atoms with E-state index in [1.807, 2.05) is 30.3 Å². The summed E-state index contributed by atoms with van der Waals surface area (Å²) in [4.78, 5) is 26.0. The fourth-order valence-electron chi connectivity index (χ4n) is 3.17. The van der Waals surface area contributed by atoms with Crippen molar-refractivity contribution in [2.45, 2.75) is 0 Å². The number of hydrogen-bond donors (Lipinski definition) is 1. The maximum Gasteiger partial charge on any atom is 0.261 e. The molecule has 0 aliphatic carbocycles. The highest BCUT2D eigenvalue weighted by Gasteiger charge is 2.34. The van der Waals surface area contributed by atoms with Crippen molar-refractivity contribution in [3.05, 3.63) is 90.0 Å². The number of nitrogens with zero attached hydrogens (tertiary/aromatic N) is 1. The molecule has 1 aliphatic rings. The number of imide groups is 1. The van der Waals surface area contributed by atoms with Crippen molar-refractivity contribution in [1.82, 2.24) is 4.90 Å². The third kappa shape index (κ3) is 2.97. The summed E-state index contributed by atoms with van der Waals surface area (Å²) in [5, 5.41) is 3.27. The van der Waals surface area contributed by atoms with Gasteiger partial charge in [-0.15, -0.1) is 0 Å². The number of amides is 2. The van der Waals surface area contributed by atoms with E-state index >= 15 is 0 Å². The van der Waals surface area contributed by atoms with Gasteiger partial charge in [-0.25, -0.2) is 0 Å². The molecule has 128 valence electrons. The lowest BCUT2D eigenvalue weighted by Gasteiger charge is -2.15. The van der Waals surface area contributed by atoms with Gasteiger partial charge in [0.05, 0.1) is 11.1 Å². The van der Waals surface area contributed by atoms with Crippen LogP contribution < -0.4 is 5.32 Å². The van der Waals surface area contributed by atoms with Crippen molar-refractivity contribution in [3.8, 4) is 11.1 Å². The van der Waals surface area contributed by atoms with Gasteiger partial charge in [0, 0.05) is 18.8 Å². The topological polar surface area (TPSA) is 49.4 Å². The van der Waals surface area contributed by atoms with E-state index in [1.165, 1.54) is 10.5 Å². The molecule has 0 aromatic heterocycles. The van der Waals surface area contributed by atoms with E-state index in [2.05, 4.69) is 29.6 Å². The van der Waals surface area contributed by atoms with Gasteiger partial charge in [-0.05, 0) is 35.4 Å². The Kier molecular flexibility index (Phi) is 4.23. The highest BCUT2D eigenvalue weighted by atomic mass is 16.2. The van der Waals surface area contributed by atoms with Gasteiger partial charge in [0.25, 0.3) is 11.8 Å². The lowest BCUT2D eigenvalue weighted by Crippen LogP contribution is -2.34. The molecule has 1 aliphatic heterocycles. The number of benzene rings is 3. The standard InChI is InChI=1S/C22H18N2O2/c25-21-19-8-4-5-9-20(19)22(26)24(21)15-14-23-18-12-10-17(11-13-18)16-6-2-1-3-7-16/h1-13,23H,14-15H2. The minimum Gasteiger partial charge on any atom is -0.383 e. The molecule has 4 nitrogen and oxygen atoms in total. The lowest BCUT2D eigenvalue weighted by atomic mass is 10.1. The Hall–Kier alpha value is -3.40. The van der Waals surface area contributed by atoms with E-state index in [1.54, 1.807) is 24.3 Å². The zero-order valence-electron chi connectivity index (χ0n) is 14.2. The Bertz CT molecular complexity index is 914. The van der Waals surface area contributed by atoms with E-state index in [0.29, 0.717) is 24.2 Å². The molecular formula is C22H18N2O2. The molecule has 1 heterocycles. The molecule has 0 atom stereocenters. The van der Waals surface area contributed by atoms with Crippen LogP contribution in [0.3, 0.4) is 0 Å². The van der Waals surface area contributed by atoms with Gasteiger partial charge in [0.1, 0.15) is 0 Å². The summed E-state index contributed by atoms with van der Waals surface area (Å²) in [5.74, 6) is -0.432. The zero-order valence-corrected chi connectivity index (χ0v) is 14.2. The highest BCUT2D eigenvalue weighted by Crippen LogP contribution is 2.23. The predicted molar refractivity (Wildman–Crippen MR) is 102 cm³/mol. The normalized spacial score (nSPS) is 13.0. The van der Waals surface area contributed by atoms with Crippen molar-refractivity contribution >= 4 is 17.5 Å². The van der Waals surface area contributed by atoms with Crippen LogP contribution in [0.15, 0.2) is 78.9 Å². The third-order valence-corrected chi connectivity index (χ3v) is 4.53. The Labute approximate surface area is 152 Å². The van der Waals surface area contributed by atoms with Crippen LogP contribution in [0, 0.1) is 0 Å². The SMILES string of the molecule is O=C1c2ccccc2C(=O)N1CCNc1ccc(-c2ccccc2)cc1. The minimum atomic E-state index is -0.216. The summed E-state index contributed by atoms with van der Waals surface area (Å²) in [6.45, 7) is 0.850. The quantitative estimate of drug-likeness (QED) is 0.711. The van der Waals surface area contributed by atoms with Crippen LogP contribution in [0.1, 0.15) is 20.7 Å². The molecule has 3 aromatic rings. The van der Waals surface area contributed by atoms with Crippen LogP contribution in [0.5, 0.6) is 0 Å². The average Bonchev–Trinajstić information content (AvgIpc) is 2.94. The molecular weight excluding hydrogens is 324 g/mol. The molecule has 0 fully saturated rings. The number of carbonyl (C=O) groups is 2. The van der Waals surface area contributed by atoms with E-state index in [4.69, 9.17) is 0 Å². The van der Waals surface area contributed by atoms with Gasteiger partial charge < -0.3 is 5.32 Å². The maximum absolute atomic E-state index is 12.3. The molecule has 0 unspecified atom stereocenters. The zero-order chi connectivity index (χ0) is 17.9. The number of hydrogen-bond acceptors (Lipinski definition) is 3. The predicted octanol–water partition coefficient (Wildman–Crippen LogP) is 4.06. The van der Waals surface area contributed by atoms with Crippen LogP contribution in [-0.4, -0.2) is 29.8 Å². The Morgan fingerprint density at radius 3 is 1.81 bits per heavy atom. The van der Waals surface area contributed by atoms with Crippen LogP contribution in [0.2, 0.25) is 0 Å².